The topological polar surface area (TPSA) is 143 Å². The summed E-state index contributed by atoms with van der Waals surface area (Å²) < 4.78 is 10.4. The summed E-state index contributed by atoms with van der Waals surface area (Å²) in [5, 5.41) is 48.6. The van der Waals surface area contributed by atoms with Crippen LogP contribution in [-0.4, -0.2) is 62.7 Å². The van der Waals surface area contributed by atoms with Crippen molar-refractivity contribution in [1.29, 1.82) is 0 Å². The molecule has 21 heavy (non-hydrogen) atoms. The van der Waals surface area contributed by atoms with E-state index < -0.39 is 42.2 Å². The molecule has 5 atom stereocenters. The minimum atomic E-state index is -1.54. The van der Waals surface area contributed by atoms with E-state index in [0.29, 0.717) is 0 Å². The van der Waals surface area contributed by atoms with Crippen molar-refractivity contribution in [1.82, 2.24) is 0 Å². The third kappa shape index (κ3) is 3.28. The van der Waals surface area contributed by atoms with Crippen LogP contribution in [0.1, 0.15) is 0 Å². The van der Waals surface area contributed by atoms with Crippen LogP contribution >= 0.6 is 0 Å². The van der Waals surface area contributed by atoms with Crippen LogP contribution in [0.2, 0.25) is 0 Å². The fourth-order valence-corrected chi connectivity index (χ4v) is 1.95. The third-order valence-corrected chi connectivity index (χ3v) is 3.15. The second kappa shape index (κ2) is 6.33. The average molecular weight is 301 g/mol. The van der Waals surface area contributed by atoms with Gasteiger partial charge in [0.15, 0.2) is 0 Å². The van der Waals surface area contributed by atoms with E-state index >= 15 is 0 Å². The summed E-state index contributed by atoms with van der Waals surface area (Å²) in [5.74, 6) is 0.171. The molecule has 1 saturated heterocycles. The smallest absolute Gasteiger partial charge is 0.269 e. The van der Waals surface area contributed by atoms with Gasteiger partial charge in [0.2, 0.25) is 6.29 Å². The molecular weight excluding hydrogens is 286 g/mol. The van der Waals surface area contributed by atoms with Crippen molar-refractivity contribution in [2.75, 3.05) is 6.61 Å². The first kappa shape index (κ1) is 15.6. The zero-order valence-electron chi connectivity index (χ0n) is 10.8. The van der Waals surface area contributed by atoms with Crippen molar-refractivity contribution in [3.05, 3.63) is 34.4 Å². The van der Waals surface area contributed by atoms with Crippen molar-refractivity contribution < 1.29 is 34.8 Å². The fourth-order valence-electron chi connectivity index (χ4n) is 1.95. The van der Waals surface area contributed by atoms with Gasteiger partial charge in [0, 0.05) is 12.1 Å². The molecule has 1 aromatic rings. The highest BCUT2D eigenvalue weighted by molar-refractivity contribution is 5.36. The molecule has 4 N–H and O–H groups in total. The highest BCUT2D eigenvalue weighted by atomic mass is 16.7. The molecule has 1 heterocycles. The molecule has 0 bridgehead atoms. The normalized spacial score (nSPS) is 32.7. The quantitative estimate of drug-likeness (QED) is 0.400. The van der Waals surface area contributed by atoms with Gasteiger partial charge in [0.1, 0.15) is 30.2 Å². The lowest BCUT2D eigenvalue weighted by Gasteiger charge is -2.39. The summed E-state index contributed by atoms with van der Waals surface area (Å²) in [7, 11) is 0. The number of nitro benzene ring substituents is 1. The minimum Gasteiger partial charge on any atom is -0.462 e. The van der Waals surface area contributed by atoms with Gasteiger partial charge in [-0.25, -0.2) is 0 Å². The SMILES string of the molecule is O=[N+]([O-])c1ccc(OC2OC(CO)[C@@H](O)[C@@H](O)[C@@H]2O)cc1. The lowest BCUT2D eigenvalue weighted by atomic mass is 9.99. The predicted octanol–water partition coefficient (Wildman–Crippen LogP) is -1.23. The molecule has 2 unspecified atom stereocenters. The largest absolute Gasteiger partial charge is 0.462 e. The van der Waals surface area contributed by atoms with Crippen LogP contribution in [0.25, 0.3) is 0 Å². The molecule has 1 aromatic carbocycles. The molecular formula is C12H15NO8. The summed E-state index contributed by atoms with van der Waals surface area (Å²) in [6.07, 6.45) is -6.94. The van der Waals surface area contributed by atoms with Gasteiger partial charge in [-0.2, -0.15) is 0 Å². The van der Waals surface area contributed by atoms with Crippen molar-refractivity contribution in [3.8, 4) is 5.75 Å². The van der Waals surface area contributed by atoms with E-state index in [-0.39, 0.29) is 11.4 Å². The highest BCUT2D eigenvalue weighted by Crippen LogP contribution is 2.25. The first-order valence-corrected chi connectivity index (χ1v) is 6.15. The summed E-state index contributed by atoms with van der Waals surface area (Å²) in [6, 6.07) is 5.03. The molecule has 116 valence electrons. The number of aliphatic hydroxyl groups is 4. The maximum atomic E-state index is 10.5. The third-order valence-electron chi connectivity index (χ3n) is 3.15. The number of nitro groups is 1. The Bertz CT molecular complexity index is 491. The fraction of sp³-hybridized carbons (Fsp3) is 0.500. The maximum absolute atomic E-state index is 10.5. The molecule has 1 aliphatic rings. The van der Waals surface area contributed by atoms with Crippen LogP contribution in [0.4, 0.5) is 5.69 Å². The van der Waals surface area contributed by atoms with Crippen LogP contribution in [-0.2, 0) is 4.74 Å². The van der Waals surface area contributed by atoms with E-state index in [2.05, 4.69) is 0 Å². The number of nitrogens with zero attached hydrogens (tertiary/aromatic N) is 1. The van der Waals surface area contributed by atoms with Crippen LogP contribution in [0, 0.1) is 10.1 Å². The van der Waals surface area contributed by atoms with Crippen LogP contribution in [0.3, 0.4) is 0 Å². The molecule has 0 amide bonds. The maximum Gasteiger partial charge on any atom is 0.269 e. The Morgan fingerprint density at radius 1 is 1.14 bits per heavy atom. The van der Waals surface area contributed by atoms with Crippen LogP contribution in [0.5, 0.6) is 5.75 Å². The summed E-state index contributed by atoms with van der Waals surface area (Å²) in [6.45, 7) is -0.564. The monoisotopic (exact) mass is 301 g/mol. The van der Waals surface area contributed by atoms with E-state index in [4.69, 9.17) is 14.6 Å². The van der Waals surface area contributed by atoms with Crippen LogP contribution < -0.4 is 4.74 Å². The van der Waals surface area contributed by atoms with Gasteiger partial charge in [-0.1, -0.05) is 0 Å². The number of hydrogen-bond donors (Lipinski definition) is 4. The number of aliphatic hydroxyl groups excluding tert-OH is 4. The van der Waals surface area contributed by atoms with E-state index in [1.807, 2.05) is 0 Å². The Balaban J connectivity index is 2.08. The van der Waals surface area contributed by atoms with Gasteiger partial charge in [-0.3, -0.25) is 10.1 Å². The molecule has 0 aromatic heterocycles. The first-order valence-electron chi connectivity index (χ1n) is 6.15. The van der Waals surface area contributed by atoms with Gasteiger partial charge in [-0.15, -0.1) is 0 Å². The van der Waals surface area contributed by atoms with Gasteiger partial charge in [-0.05, 0) is 12.1 Å². The Hall–Kier alpha value is -1.78. The van der Waals surface area contributed by atoms with E-state index in [1.165, 1.54) is 24.3 Å². The van der Waals surface area contributed by atoms with Gasteiger partial charge in [0.05, 0.1) is 11.5 Å². The Kier molecular flexibility index (Phi) is 4.70. The van der Waals surface area contributed by atoms with E-state index in [0.717, 1.165) is 0 Å². The van der Waals surface area contributed by atoms with Crippen molar-refractivity contribution >= 4 is 5.69 Å². The average Bonchev–Trinajstić information content (AvgIpc) is 2.48. The van der Waals surface area contributed by atoms with Crippen molar-refractivity contribution in [2.24, 2.45) is 0 Å². The molecule has 0 saturated carbocycles. The minimum absolute atomic E-state index is 0.129. The van der Waals surface area contributed by atoms with E-state index in [9.17, 15) is 25.4 Å². The standard InChI is InChI=1S/C12H15NO8/c14-5-8-9(15)10(16)11(17)12(21-8)20-7-3-1-6(2-4-7)13(18)19/h1-4,8-12,14-17H,5H2/t8?,9-,10-,11+,12?/m1/s1. The number of ether oxygens (including phenoxy) is 2. The zero-order valence-corrected chi connectivity index (χ0v) is 10.8. The van der Waals surface area contributed by atoms with Gasteiger partial charge in [0.25, 0.3) is 5.69 Å². The second-order valence-corrected chi connectivity index (χ2v) is 4.57. The first-order chi connectivity index (χ1) is 9.93. The number of benzene rings is 1. The van der Waals surface area contributed by atoms with Gasteiger partial charge < -0.3 is 29.9 Å². The van der Waals surface area contributed by atoms with Crippen molar-refractivity contribution in [2.45, 2.75) is 30.7 Å². The highest BCUT2D eigenvalue weighted by Gasteiger charge is 2.44. The second-order valence-electron chi connectivity index (χ2n) is 4.57. The predicted molar refractivity (Wildman–Crippen MR) is 67.5 cm³/mol. The Morgan fingerprint density at radius 2 is 1.76 bits per heavy atom. The number of non-ortho nitro benzene ring substituents is 1. The lowest BCUT2D eigenvalue weighted by molar-refractivity contribution is -0.384. The van der Waals surface area contributed by atoms with Gasteiger partial charge >= 0.3 is 0 Å². The molecule has 9 nitrogen and oxygen atoms in total. The van der Waals surface area contributed by atoms with Crippen LogP contribution in [0.15, 0.2) is 24.3 Å². The molecule has 2 rings (SSSR count). The molecule has 0 radical (unpaired) electrons. The molecule has 1 aliphatic heterocycles. The lowest BCUT2D eigenvalue weighted by Crippen LogP contribution is -2.60. The van der Waals surface area contributed by atoms with Crippen molar-refractivity contribution in [3.63, 3.8) is 0 Å². The number of hydrogen-bond acceptors (Lipinski definition) is 8. The molecule has 1 fully saturated rings. The zero-order chi connectivity index (χ0) is 15.6. The summed E-state index contributed by atoms with van der Waals surface area (Å²) in [5.41, 5.74) is -0.129. The molecule has 0 spiro atoms. The molecule has 0 aliphatic carbocycles. The Labute approximate surface area is 119 Å². The number of rotatable bonds is 4. The Morgan fingerprint density at radius 3 is 2.29 bits per heavy atom. The summed E-state index contributed by atoms with van der Waals surface area (Å²) >= 11 is 0. The molecule has 9 heteroatoms. The summed E-state index contributed by atoms with van der Waals surface area (Å²) in [4.78, 5) is 9.95. The van der Waals surface area contributed by atoms with E-state index in [1.54, 1.807) is 0 Å².